The lowest BCUT2D eigenvalue weighted by Gasteiger charge is -2.29. The largest absolute Gasteiger partial charge is 0.543 e. The first-order valence-electron chi connectivity index (χ1n) is 6.96. The van der Waals surface area contributed by atoms with Crippen molar-refractivity contribution in [3.63, 3.8) is 0 Å². The summed E-state index contributed by atoms with van der Waals surface area (Å²) in [5.41, 5.74) is -2.69. The minimum Gasteiger partial charge on any atom is -0.543 e. The van der Waals surface area contributed by atoms with E-state index in [2.05, 4.69) is 0 Å². The number of halogens is 6. The van der Waals surface area contributed by atoms with Crippen LogP contribution < -0.4 is 4.43 Å². The Morgan fingerprint density at radius 1 is 0.773 bits per heavy atom. The summed E-state index contributed by atoms with van der Waals surface area (Å²) in [4.78, 5) is 0. The molecular formula is C14H18F6OSi. The first-order valence-corrected chi connectivity index (χ1v) is 9.49. The maximum absolute atomic E-state index is 12.8. The fourth-order valence-electron chi connectivity index (χ4n) is 2.20. The summed E-state index contributed by atoms with van der Waals surface area (Å²) >= 11 is 0. The van der Waals surface area contributed by atoms with E-state index >= 15 is 0 Å². The van der Waals surface area contributed by atoms with Crippen LogP contribution in [0.4, 0.5) is 26.3 Å². The minimum absolute atomic E-state index is 0.111. The van der Waals surface area contributed by atoms with Crippen LogP contribution in [0.25, 0.3) is 0 Å². The van der Waals surface area contributed by atoms with Crippen LogP contribution in [0, 0.1) is 0 Å². The van der Waals surface area contributed by atoms with Crippen molar-refractivity contribution < 1.29 is 30.8 Å². The number of benzene rings is 1. The standard InChI is InChI=1S/C14H18F6OSi/c1-4-22(5-2,6-3)21-12-8-10(13(15,16)17)7-11(9-12)14(18,19)20/h7-9H,4-6H2,1-3H3. The summed E-state index contributed by atoms with van der Waals surface area (Å²) in [7, 11) is -2.36. The van der Waals surface area contributed by atoms with Crippen LogP contribution in [0.3, 0.4) is 0 Å². The summed E-state index contributed by atoms with van der Waals surface area (Å²) in [6.45, 7) is 5.53. The maximum atomic E-state index is 12.8. The predicted octanol–water partition coefficient (Wildman–Crippen LogP) is 6.11. The third kappa shape index (κ3) is 4.41. The van der Waals surface area contributed by atoms with Crippen LogP contribution in [0.1, 0.15) is 31.9 Å². The highest BCUT2D eigenvalue weighted by Gasteiger charge is 2.38. The van der Waals surface area contributed by atoms with Gasteiger partial charge in [0.05, 0.1) is 11.1 Å². The molecule has 1 aromatic rings. The molecular weight excluding hydrogens is 326 g/mol. The van der Waals surface area contributed by atoms with Crippen LogP contribution in [-0.4, -0.2) is 8.32 Å². The summed E-state index contributed by atoms with van der Waals surface area (Å²) in [5.74, 6) is -0.348. The van der Waals surface area contributed by atoms with Gasteiger partial charge in [0.15, 0.2) is 0 Å². The number of alkyl halides is 6. The predicted molar refractivity (Wildman–Crippen MR) is 74.3 cm³/mol. The van der Waals surface area contributed by atoms with Crippen molar-refractivity contribution >= 4 is 8.32 Å². The normalized spacial score (nSPS) is 13.3. The van der Waals surface area contributed by atoms with Gasteiger partial charge in [-0.3, -0.25) is 0 Å². The van der Waals surface area contributed by atoms with E-state index in [1.165, 1.54) is 0 Å². The number of hydrogen-bond donors (Lipinski definition) is 0. The first kappa shape index (κ1) is 18.9. The fourth-order valence-corrected chi connectivity index (χ4v) is 4.75. The Kier molecular flexibility index (Phi) is 5.59. The molecule has 0 N–H and O–H groups in total. The van der Waals surface area contributed by atoms with Crippen molar-refractivity contribution in [3.05, 3.63) is 29.3 Å². The Hall–Kier alpha value is -1.18. The molecule has 1 rings (SSSR count). The van der Waals surface area contributed by atoms with E-state index in [0.717, 1.165) is 0 Å². The summed E-state index contributed by atoms with van der Waals surface area (Å²) in [5, 5.41) is 0. The Bertz CT molecular complexity index is 465. The molecule has 0 fully saturated rings. The first-order chi connectivity index (χ1) is 9.97. The lowest BCUT2D eigenvalue weighted by atomic mass is 10.1. The second kappa shape index (κ2) is 6.52. The average Bonchev–Trinajstić information content (AvgIpc) is 2.43. The zero-order chi connectivity index (χ0) is 17.2. The number of rotatable bonds is 5. The van der Waals surface area contributed by atoms with Gasteiger partial charge in [0, 0.05) is 0 Å². The zero-order valence-corrected chi connectivity index (χ0v) is 13.5. The fraction of sp³-hybridized carbons (Fsp3) is 0.571. The highest BCUT2D eigenvalue weighted by molar-refractivity contribution is 6.74. The molecule has 0 saturated heterocycles. The van der Waals surface area contributed by atoms with E-state index in [9.17, 15) is 26.3 Å². The van der Waals surface area contributed by atoms with E-state index in [0.29, 0.717) is 30.3 Å². The van der Waals surface area contributed by atoms with Crippen molar-refractivity contribution in [2.45, 2.75) is 51.3 Å². The van der Waals surface area contributed by atoms with E-state index < -0.39 is 31.8 Å². The molecule has 0 aliphatic rings. The van der Waals surface area contributed by atoms with Crippen LogP contribution >= 0.6 is 0 Å². The molecule has 8 heteroatoms. The Morgan fingerprint density at radius 3 is 1.41 bits per heavy atom. The van der Waals surface area contributed by atoms with E-state index in [-0.39, 0.29) is 11.8 Å². The molecule has 1 nitrogen and oxygen atoms in total. The second-order valence-electron chi connectivity index (χ2n) is 5.09. The molecule has 22 heavy (non-hydrogen) atoms. The SMILES string of the molecule is CC[Si](CC)(CC)Oc1cc(C(F)(F)F)cc(C(F)(F)F)c1. The highest BCUT2D eigenvalue weighted by Crippen LogP contribution is 2.39. The smallest absolute Gasteiger partial charge is 0.416 e. The molecule has 0 unspecified atom stereocenters. The molecule has 1 aromatic carbocycles. The van der Waals surface area contributed by atoms with Crippen molar-refractivity contribution in [2.24, 2.45) is 0 Å². The topological polar surface area (TPSA) is 9.23 Å². The monoisotopic (exact) mass is 344 g/mol. The van der Waals surface area contributed by atoms with Crippen LogP contribution in [0.5, 0.6) is 5.75 Å². The molecule has 0 aromatic heterocycles. The van der Waals surface area contributed by atoms with Gasteiger partial charge in [-0.25, -0.2) is 0 Å². The molecule has 0 bridgehead atoms. The van der Waals surface area contributed by atoms with Gasteiger partial charge < -0.3 is 4.43 Å². The van der Waals surface area contributed by atoms with Gasteiger partial charge in [0.2, 0.25) is 8.32 Å². The van der Waals surface area contributed by atoms with E-state index in [4.69, 9.17) is 4.43 Å². The lowest BCUT2D eigenvalue weighted by Crippen LogP contribution is -2.39. The molecule has 126 valence electrons. The highest BCUT2D eigenvalue weighted by atomic mass is 28.4. The van der Waals surface area contributed by atoms with Crippen molar-refractivity contribution in [1.29, 1.82) is 0 Å². The maximum Gasteiger partial charge on any atom is 0.416 e. The molecule has 0 spiro atoms. The molecule has 0 aliphatic heterocycles. The lowest BCUT2D eigenvalue weighted by molar-refractivity contribution is -0.143. The van der Waals surface area contributed by atoms with Crippen LogP contribution in [0.2, 0.25) is 18.1 Å². The summed E-state index contributed by atoms with van der Waals surface area (Å²) in [6.07, 6.45) is -9.71. The molecule has 0 aliphatic carbocycles. The van der Waals surface area contributed by atoms with Gasteiger partial charge in [0.1, 0.15) is 5.75 Å². The molecule has 0 atom stereocenters. The van der Waals surface area contributed by atoms with E-state index in [1.54, 1.807) is 0 Å². The summed E-state index contributed by atoms with van der Waals surface area (Å²) in [6, 6.07) is 3.28. The zero-order valence-electron chi connectivity index (χ0n) is 12.5. The molecule has 0 heterocycles. The summed E-state index contributed by atoms with van der Waals surface area (Å²) < 4.78 is 82.5. The Morgan fingerprint density at radius 2 is 1.14 bits per heavy atom. The van der Waals surface area contributed by atoms with E-state index in [1.807, 2.05) is 20.8 Å². The Balaban J connectivity index is 3.36. The van der Waals surface area contributed by atoms with Gasteiger partial charge >= 0.3 is 12.4 Å². The molecule has 0 saturated carbocycles. The van der Waals surface area contributed by atoms with Crippen molar-refractivity contribution in [1.82, 2.24) is 0 Å². The van der Waals surface area contributed by atoms with Crippen molar-refractivity contribution in [2.75, 3.05) is 0 Å². The van der Waals surface area contributed by atoms with Crippen LogP contribution in [0.15, 0.2) is 18.2 Å². The average molecular weight is 344 g/mol. The third-order valence-electron chi connectivity index (χ3n) is 3.83. The number of hydrogen-bond acceptors (Lipinski definition) is 1. The van der Waals surface area contributed by atoms with Crippen LogP contribution in [-0.2, 0) is 12.4 Å². The van der Waals surface area contributed by atoms with Gasteiger partial charge in [-0.15, -0.1) is 0 Å². The third-order valence-corrected chi connectivity index (χ3v) is 8.36. The minimum atomic E-state index is -4.85. The Labute approximate surface area is 126 Å². The second-order valence-corrected chi connectivity index (χ2v) is 9.78. The quantitative estimate of drug-likeness (QED) is 0.463. The van der Waals surface area contributed by atoms with Gasteiger partial charge in [-0.1, -0.05) is 20.8 Å². The van der Waals surface area contributed by atoms with Gasteiger partial charge in [0.25, 0.3) is 0 Å². The van der Waals surface area contributed by atoms with Gasteiger partial charge in [-0.2, -0.15) is 26.3 Å². The van der Waals surface area contributed by atoms with Gasteiger partial charge in [-0.05, 0) is 36.3 Å². The van der Waals surface area contributed by atoms with Crippen molar-refractivity contribution in [3.8, 4) is 5.75 Å². The molecule has 0 radical (unpaired) electrons. The molecule has 0 amide bonds.